The molecule has 4 heterocycles. The van der Waals surface area contributed by atoms with E-state index in [1.807, 2.05) is 61.6 Å². The number of nitrogens with zero attached hydrogens (tertiary/aromatic N) is 3. The zero-order chi connectivity index (χ0) is 25.3. The fourth-order valence-electron chi connectivity index (χ4n) is 6.29. The maximum Gasteiger partial charge on any atom is 0.249 e. The van der Waals surface area contributed by atoms with Gasteiger partial charge < -0.3 is 24.5 Å². The molecular weight excluding hydrogens is 458 g/mol. The van der Waals surface area contributed by atoms with Crippen LogP contribution < -0.4 is 0 Å². The second-order valence-electron chi connectivity index (χ2n) is 10.1. The monoisotopic (exact) mass is 493 g/mol. The van der Waals surface area contributed by atoms with Gasteiger partial charge in [-0.1, -0.05) is 61.6 Å². The van der Waals surface area contributed by atoms with Crippen LogP contribution in [0.5, 0.6) is 0 Å². The lowest BCUT2D eigenvalue weighted by molar-refractivity contribution is -0.148. The highest BCUT2D eigenvalue weighted by atomic mass is 16.5. The average Bonchev–Trinajstić information content (AvgIpc) is 3.20. The van der Waals surface area contributed by atoms with Crippen molar-refractivity contribution in [1.82, 2.24) is 14.7 Å². The highest BCUT2D eigenvalue weighted by Gasteiger charge is 2.71. The van der Waals surface area contributed by atoms with Gasteiger partial charge in [0.15, 0.2) is 0 Å². The van der Waals surface area contributed by atoms with E-state index in [4.69, 9.17) is 4.74 Å². The second kappa shape index (κ2) is 10.2. The molecule has 0 bridgehead atoms. The van der Waals surface area contributed by atoms with Gasteiger partial charge in [0.05, 0.1) is 17.9 Å². The number of hydrogen-bond donors (Lipinski definition) is 1. The predicted molar refractivity (Wildman–Crippen MR) is 133 cm³/mol. The minimum Gasteiger partial charge on any atom is -0.396 e. The van der Waals surface area contributed by atoms with E-state index in [0.29, 0.717) is 45.6 Å². The molecule has 5 atom stereocenters. The van der Waals surface area contributed by atoms with Crippen molar-refractivity contribution < 1.29 is 24.2 Å². The van der Waals surface area contributed by atoms with Crippen LogP contribution in [-0.2, 0) is 25.7 Å². The van der Waals surface area contributed by atoms with Gasteiger partial charge in [0.2, 0.25) is 17.7 Å². The van der Waals surface area contributed by atoms with Crippen molar-refractivity contribution in [3.8, 4) is 0 Å². The van der Waals surface area contributed by atoms with Gasteiger partial charge in [0, 0.05) is 39.3 Å². The number of carbonyl (C=O) groups is 3. The Morgan fingerprint density at radius 2 is 1.75 bits per heavy atom. The third kappa shape index (κ3) is 4.06. The van der Waals surface area contributed by atoms with E-state index in [-0.39, 0.29) is 24.3 Å². The summed E-state index contributed by atoms with van der Waals surface area (Å²) < 4.78 is 6.63. The maximum atomic E-state index is 14.1. The highest BCUT2D eigenvalue weighted by molar-refractivity contribution is 5.99. The zero-order valence-electron chi connectivity index (χ0n) is 20.8. The van der Waals surface area contributed by atoms with Gasteiger partial charge in [-0.25, -0.2) is 0 Å². The summed E-state index contributed by atoms with van der Waals surface area (Å²) in [5.74, 6) is -1.87. The highest BCUT2D eigenvalue weighted by Crippen LogP contribution is 2.53. The summed E-state index contributed by atoms with van der Waals surface area (Å²) in [5.41, 5.74) is -0.183. The molecule has 0 saturated carbocycles. The lowest BCUT2D eigenvalue weighted by Gasteiger charge is -2.35. The maximum absolute atomic E-state index is 14.1. The van der Waals surface area contributed by atoms with E-state index in [1.54, 1.807) is 14.7 Å². The molecule has 1 aromatic carbocycles. The van der Waals surface area contributed by atoms with Crippen LogP contribution in [0.15, 0.2) is 54.6 Å². The number of carbonyl (C=O) groups excluding carboxylic acids is 3. The van der Waals surface area contributed by atoms with Crippen LogP contribution in [0.1, 0.15) is 31.7 Å². The Balaban J connectivity index is 1.53. The Kier molecular flexibility index (Phi) is 6.99. The van der Waals surface area contributed by atoms with Crippen molar-refractivity contribution in [2.75, 3.05) is 32.8 Å². The summed E-state index contributed by atoms with van der Waals surface area (Å²) in [6.07, 6.45) is 9.02. The third-order valence-electron chi connectivity index (χ3n) is 7.84. The quantitative estimate of drug-likeness (QED) is 0.440. The fraction of sp³-hybridized carbons (Fsp3) is 0.536. The molecule has 0 aliphatic carbocycles. The first-order valence-electron chi connectivity index (χ1n) is 13.1. The Morgan fingerprint density at radius 1 is 0.972 bits per heavy atom. The van der Waals surface area contributed by atoms with E-state index in [2.05, 4.69) is 0 Å². The minimum absolute atomic E-state index is 0.0196. The number of ether oxygens (including phenoxy) is 1. The first-order valence-corrected chi connectivity index (χ1v) is 13.1. The number of unbranched alkanes of at least 4 members (excludes halogenated alkanes) is 1. The van der Waals surface area contributed by atoms with Gasteiger partial charge in [-0.15, -0.1) is 0 Å². The van der Waals surface area contributed by atoms with E-state index in [0.717, 1.165) is 12.0 Å². The lowest BCUT2D eigenvalue weighted by atomic mass is 9.77. The number of aliphatic hydroxyl groups is 1. The lowest BCUT2D eigenvalue weighted by Crippen LogP contribution is -2.55. The number of fused-ring (bicyclic) bond motifs is 2. The number of aliphatic hydroxyl groups excluding tert-OH is 1. The number of likely N-dealkylation sites (tertiary alicyclic amines) is 1. The van der Waals surface area contributed by atoms with E-state index in [9.17, 15) is 19.5 Å². The molecular formula is C28H35N3O5. The summed E-state index contributed by atoms with van der Waals surface area (Å²) in [7, 11) is 0. The largest absolute Gasteiger partial charge is 0.396 e. The number of amides is 3. The molecule has 1 N–H and O–H groups in total. The molecule has 8 nitrogen and oxygen atoms in total. The SMILES string of the molecule is CCCN1CC=C[C@@H]2O[C@]34C=CCN(Cc5ccccc5)C(=O)C3N(CCCCO)C(=O)[C@@H]4[C@@H]2C1=O. The van der Waals surface area contributed by atoms with Gasteiger partial charge >= 0.3 is 0 Å². The minimum atomic E-state index is -1.19. The van der Waals surface area contributed by atoms with Crippen molar-refractivity contribution in [2.24, 2.45) is 11.8 Å². The van der Waals surface area contributed by atoms with E-state index < -0.39 is 29.6 Å². The fourth-order valence-corrected chi connectivity index (χ4v) is 6.29. The topological polar surface area (TPSA) is 90.4 Å². The standard InChI is InChI=1S/C28H35N3O5/c1-2-14-29-15-8-12-21-22(25(29)33)23-26(34)31(17-6-7-18-32)24-27(35)30(16-9-13-28(23,24)36-21)19-20-10-4-3-5-11-20/h3-5,8-13,21-24,32H,2,6-7,14-19H2,1H3/t21-,22+,23-,24?,28-/m0/s1. The van der Waals surface area contributed by atoms with E-state index in [1.165, 1.54) is 0 Å². The molecule has 36 heavy (non-hydrogen) atoms. The Hall–Kier alpha value is -2.97. The van der Waals surface area contributed by atoms with Crippen molar-refractivity contribution >= 4 is 17.7 Å². The molecule has 1 unspecified atom stereocenters. The molecule has 5 rings (SSSR count). The molecule has 0 radical (unpaired) electrons. The Labute approximate surface area is 212 Å². The summed E-state index contributed by atoms with van der Waals surface area (Å²) in [5, 5.41) is 9.33. The smallest absolute Gasteiger partial charge is 0.249 e. The van der Waals surface area contributed by atoms with Crippen LogP contribution >= 0.6 is 0 Å². The summed E-state index contributed by atoms with van der Waals surface area (Å²) in [4.78, 5) is 47.0. The van der Waals surface area contributed by atoms with Crippen LogP contribution in [0.3, 0.4) is 0 Å². The molecule has 8 heteroatoms. The summed E-state index contributed by atoms with van der Waals surface area (Å²) >= 11 is 0. The van der Waals surface area contributed by atoms with Gasteiger partial charge in [-0.05, 0) is 24.8 Å². The molecule has 0 aromatic heterocycles. The molecule has 4 aliphatic rings. The first-order chi connectivity index (χ1) is 17.5. The molecule has 4 aliphatic heterocycles. The molecule has 2 fully saturated rings. The summed E-state index contributed by atoms with van der Waals surface area (Å²) in [6, 6.07) is 8.95. The Morgan fingerprint density at radius 3 is 2.50 bits per heavy atom. The van der Waals surface area contributed by atoms with Crippen LogP contribution in [0, 0.1) is 11.8 Å². The van der Waals surface area contributed by atoms with Crippen LogP contribution in [0.4, 0.5) is 0 Å². The molecule has 1 aromatic rings. The van der Waals surface area contributed by atoms with Gasteiger partial charge in [0.25, 0.3) is 0 Å². The number of hydrogen-bond acceptors (Lipinski definition) is 5. The normalized spacial score (nSPS) is 31.4. The Bertz CT molecular complexity index is 1060. The van der Waals surface area contributed by atoms with Gasteiger partial charge in [-0.2, -0.15) is 0 Å². The zero-order valence-corrected chi connectivity index (χ0v) is 20.8. The first kappa shape index (κ1) is 24.7. The molecule has 192 valence electrons. The van der Waals surface area contributed by atoms with Crippen molar-refractivity contribution in [2.45, 2.75) is 50.5 Å². The second-order valence-corrected chi connectivity index (χ2v) is 10.1. The van der Waals surface area contributed by atoms with Crippen LogP contribution in [0.2, 0.25) is 0 Å². The third-order valence-corrected chi connectivity index (χ3v) is 7.84. The van der Waals surface area contributed by atoms with E-state index >= 15 is 0 Å². The van der Waals surface area contributed by atoms with Crippen molar-refractivity contribution in [3.05, 3.63) is 60.2 Å². The number of rotatable bonds is 8. The molecule has 1 spiro atoms. The van der Waals surface area contributed by atoms with Crippen molar-refractivity contribution in [1.29, 1.82) is 0 Å². The van der Waals surface area contributed by atoms with Gasteiger partial charge in [0.1, 0.15) is 11.6 Å². The predicted octanol–water partition coefficient (Wildman–Crippen LogP) is 1.75. The summed E-state index contributed by atoms with van der Waals surface area (Å²) in [6.45, 7) is 4.33. The van der Waals surface area contributed by atoms with Gasteiger partial charge in [-0.3, -0.25) is 14.4 Å². The molecule has 3 amide bonds. The molecule has 2 saturated heterocycles. The number of benzene rings is 1. The average molecular weight is 494 g/mol. The van der Waals surface area contributed by atoms with Crippen molar-refractivity contribution in [3.63, 3.8) is 0 Å². The van der Waals surface area contributed by atoms with Crippen LogP contribution in [-0.4, -0.2) is 88.1 Å². The van der Waals surface area contributed by atoms with Crippen LogP contribution in [0.25, 0.3) is 0 Å².